The summed E-state index contributed by atoms with van der Waals surface area (Å²) in [5.74, 6) is 3.39. The Kier molecular flexibility index (Phi) is 4.83. The van der Waals surface area contributed by atoms with E-state index in [1.165, 1.54) is 24.3 Å². The fourth-order valence-corrected chi connectivity index (χ4v) is 3.59. The number of benzene rings is 1. The van der Waals surface area contributed by atoms with Gasteiger partial charge in [-0.2, -0.15) is 16.9 Å². The number of hydrogen-bond donors (Lipinski definition) is 1. The zero-order valence-corrected chi connectivity index (χ0v) is 13.1. The van der Waals surface area contributed by atoms with Crippen molar-refractivity contribution in [3.8, 4) is 11.4 Å². The number of methoxy groups -OCH3 is 1. The van der Waals surface area contributed by atoms with E-state index in [1.54, 1.807) is 7.11 Å². The number of thioether (sulfide) groups is 1. The molecule has 5 heteroatoms. The average molecular weight is 303 g/mol. The van der Waals surface area contributed by atoms with Gasteiger partial charge in [0.2, 0.25) is 0 Å². The van der Waals surface area contributed by atoms with Crippen LogP contribution < -0.4 is 10.1 Å². The molecule has 1 N–H and O–H groups in total. The van der Waals surface area contributed by atoms with Crippen LogP contribution in [0.15, 0.2) is 36.5 Å². The summed E-state index contributed by atoms with van der Waals surface area (Å²) in [5, 5.41) is 8.23. The van der Waals surface area contributed by atoms with Crippen molar-refractivity contribution in [3.63, 3.8) is 0 Å². The van der Waals surface area contributed by atoms with Gasteiger partial charge in [-0.3, -0.25) is 0 Å². The van der Waals surface area contributed by atoms with Crippen LogP contribution in [0.4, 0.5) is 0 Å². The molecule has 0 saturated carbocycles. The molecule has 1 aliphatic rings. The van der Waals surface area contributed by atoms with E-state index in [1.807, 2.05) is 46.9 Å². The standard InChI is InChI=1S/C16H21N3OS/c1-20-16-6-4-15(5-7-16)19-9-8-13(18-19)11-17-14-3-2-10-21-12-14/h4-9,14,17H,2-3,10-12H2,1H3/t14-/m1/s1. The van der Waals surface area contributed by atoms with Gasteiger partial charge >= 0.3 is 0 Å². The van der Waals surface area contributed by atoms with Crippen LogP contribution in [0, 0.1) is 0 Å². The summed E-state index contributed by atoms with van der Waals surface area (Å²) in [6.45, 7) is 0.842. The molecule has 1 atom stereocenters. The van der Waals surface area contributed by atoms with Crippen molar-refractivity contribution in [2.75, 3.05) is 18.6 Å². The van der Waals surface area contributed by atoms with Crippen molar-refractivity contribution in [2.45, 2.75) is 25.4 Å². The molecule has 0 bridgehead atoms. The molecule has 1 aromatic carbocycles. The molecule has 2 heterocycles. The van der Waals surface area contributed by atoms with E-state index >= 15 is 0 Å². The Bertz CT molecular complexity index is 561. The first-order chi connectivity index (χ1) is 10.3. The first-order valence-corrected chi connectivity index (χ1v) is 8.51. The maximum atomic E-state index is 5.17. The summed E-state index contributed by atoms with van der Waals surface area (Å²) in [6, 6.07) is 10.6. The summed E-state index contributed by atoms with van der Waals surface area (Å²) in [7, 11) is 1.68. The molecule has 4 nitrogen and oxygen atoms in total. The van der Waals surface area contributed by atoms with Crippen LogP contribution in [0.3, 0.4) is 0 Å². The Morgan fingerprint density at radius 1 is 1.33 bits per heavy atom. The molecule has 0 aliphatic carbocycles. The first-order valence-electron chi connectivity index (χ1n) is 7.35. The molecule has 2 aromatic rings. The van der Waals surface area contributed by atoms with E-state index in [4.69, 9.17) is 4.74 Å². The highest BCUT2D eigenvalue weighted by molar-refractivity contribution is 7.99. The van der Waals surface area contributed by atoms with Gasteiger partial charge in [0.25, 0.3) is 0 Å². The number of nitrogens with zero attached hydrogens (tertiary/aromatic N) is 2. The third-order valence-electron chi connectivity index (χ3n) is 3.71. The molecule has 1 fully saturated rings. The molecule has 21 heavy (non-hydrogen) atoms. The van der Waals surface area contributed by atoms with Gasteiger partial charge in [0.15, 0.2) is 0 Å². The molecule has 0 radical (unpaired) electrons. The predicted molar refractivity (Wildman–Crippen MR) is 87.3 cm³/mol. The Labute approximate surface area is 129 Å². The maximum absolute atomic E-state index is 5.17. The van der Waals surface area contributed by atoms with Crippen molar-refractivity contribution in [1.29, 1.82) is 0 Å². The second-order valence-electron chi connectivity index (χ2n) is 5.24. The van der Waals surface area contributed by atoms with Crippen LogP contribution in [-0.4, -0.2) is 34.4 Å². The molecule has 3 rings (SSSR count). The van der Waals surface area contributed by atoms with Crippen LogP contribution in [-0.2, 0) is 6.54 Å². The third-order valence-corrected chi connectivity index (χ3v) is 4.93. The highest BCUT2D eigenvalue weighted by atomic mass is 32.2. The second kappa shape index (κ2) is 7.00. The van der Waals surface area contributed by atoms with E-state index in [0.29, 0.717) is 6.04 Å². The van der Waals surface area contributed by atoms with Gasteiger partial charge in [0, 0.05) is 24.5 Å². The van der Waals surface area contributed by atoms with Gasteiger partial charge in [0.05, 0.1) is 18.5 Å². The Hall–Kier alpha value is -1.46. The zero-order valence-electron chi connectivity index (χ0n) is 12.3. The predicted octanol–water partition coefficient (Wildman–Crippen LogP) is 2.87. The van der Waals surface area contributed by atoms with Crippen LogP contribution in [0.2, 0.25) is 0 Å². The highest BCUT2D eigenvalue weighted by Crippen LogP contribution is 2.17. The minimum absolute atomic E-state index is 0.634. The smallest absolute Gasteiger partial charge is 0.119 e. The normalized spacial score (nSPS) is 18.6. The Balaban J connectivity index is 1.59. The van der Waals surface area contributed by atoms with E-state index in [2.05, 4.69) is 16.5 Å². The minimum atomic E-state index is 0.634. The van der Waals surface area contributed by atoms with Gasteiger partial charge in [-0.05, 0) is 48.9 Å². The summed E-state index contributed by atoms with van der Waals surface area (Å²) in [4.78, 5) is 0. The van der Waals surface area contributed by atoms with E-state index in [-0.39, 0.29) is 0 Å². The monoisotopic (exact) mass is 303 g/mol. The first kappa shape index (κ1) is 14.5. The van der Waals surface area contributed by atoms with Crippen LogP contribution in [0.25, 0.3) is 5.69 Å². The van der Waals surface area contributed by atoms with Crippen molar-refractivity contribution >= 4 is 11.8 Å². The second-order valence-corrected chi connectivity index (χ2v) is 6.39. The number of nitrogens with one attached hydrogen (secondary N) is 1. The summed E-state index contributed by atoms with van der Waals surface area (Å²) in [5.41, 5.74) is 2.14. The highest BCUT2D eigenvalue weighted by Gasteiger charge is 2.13. The SMILES string of the molecule is COc1ccc(-n2ccc(CN[C@@H]3CCCSC3)n2)cc1. The lowest BCUT2D eigenvalue weighted by molar-refractivity contribution is 0.414. The van der Waals surface area contributed by atoms with Crippen LogP contribution in [0.1, 0.15) is 18.5 Å². The summed E-state index contributed by atoms with van der Waals surface area (Å²) < 4.78 is 7.08. The molecule has 1 saturated heterocycles. The van der Waals surface area contributed by atoms with Gasteiger partial charge in [-0.15, -0.1) is 0 Å². The van der Waals surface area contributed by atoms with Gasteiger partial charge in [-0.25, -0.2) is 4.68 Å². The van der Waals surface area contributed by atoms with Crippen molar-refractivity contribution in [3.05, 3.63) is 42.2 Å². The van der Waals surface area contributed by atoms with Gasteiger partial charge in [-0.1, -0.05) is 0 Å². The number of rotatable bonds is 5. The van der Waals surface area contributed by atoms with Gasteiger partial charge in [0.1, 0.15) is 5.75 Å². The fraction of sp³-hybridized carbons (Fsp3) is 0.438. The largest absolute Gasteiger partial charge is 0.497 e. The zero-order chi connectivity index (χ0) is 14.5. The van der Waals surface area contributed by atoms with Crippen LogP contribution in [0.5, 0.6) is 5.75 Å². The van der Waals surface area contributed by atoms with E-state index in [9.17, 15) is 0 Å². The quantitative estimate of drug-likeness (QED) is 0.922. The topological polar surface area (TPSA) is 39.1 Å². The van der Waals surface area contributed by atoms with Gasteiger partial charge < -0.3 is 10.1 Å². The van der Waals surface area contributed by atoms with E-state index < -0.39 is 0 Å². The Morgan fingerprint density at radius 3 is 2.90 bits per heavy atom. The van der Waals surface area contributed by atoms with Crippen molar-refractivity contribution < 1.29 is 4.74 Å². The number of ether oxygens (including phenoxy) is 1. The average Bonchev–Trinajstić information content (AvgIpc) is 3.03. The van der Waals surface area contributed by atoms with E-state index in [0.717, 1.165) is 23.7 Å². The van der Waals surface area contributed by atoms with Crippen LogP contribution >= 0.6 is 11.8 Å². The lowest BCUT2D eigenvalue weighted by atomic mass is 10.2. The molecule has 1 aromatic heterocycles. The summed E-state index contributed by atoms with van der Waals surface area (Å²) >= 11 is 2.04. The molecule has 1 aliphatic heterocycles. The molecular weight excluding hydrogens is 282 g/mol. The Morgan fingerprint density at radius 2 is 2.19 bits per heavy atom. The molecule has 0 spiro atoms. The molecular formula is C16H21N3OS. The number of aromatic nitrogens is 2. The summed E-state index contributed by atoms with van der Waals surface area (Å²) in [6.07, 6.45) is 4.61. The molecule has 0 unspecified atom stereocenters. The maximum Gasteiger partial charge on any atom is 0.119 e. The lowest BCUT2D eigenvalue weighted by Crippen LogP contribution is -2.33. The molecule has 0 amide bonds. The van der Waals surface area contributed by atoms with Crippen molar-refractivity contribution in [1.82, 2.24) is 15.1 Å². The molecule has 112 valence electrons. The number of hydrogen-bond acceptors (Lipinski definition) is 4. The van der Waals surface area contributed by atoms with Crippen molar-refractivity contribution in [2.24, 2.45) is 0 Å². The minimum Gasteiger partial charge on any atom is -0.497 e. The fourth-order valence-electron chi connectivity index (χ4n) is 2.49. The lowest BCUT2D eigenvalue weighted by Gasteiger charge is -2.21. The third kappa shape index (κ3) is 3.80.